The molecule has 0 spiro atoms. The first kappa shape index (κ1) is 21.0. The molecule has 1 aliphatic carbocycles. The Labute approximate surface area is 180 Å². The molecule has 0 saturated heterocycles. The predicted molar refractivity (Wildman–Crippen MR) is 115 cm³/mol. The minimum Gasteiger partial charge on any atom is -0.362 e. The SMILES string of the molecule is CCc1ccc(C2C(C(=O)Nc3c(F)cccc3F)=C(C)NC3=C2C(=O)CCC3)cc1. The summed E-state index contributed by atoms with van der Waals surface area (Å²) < 4.78 is 28.3. The lowest BCUT2D eigenvalue weighted by atomic mass is 9.75. The fourth-order valence-corrected chi connectivity index (χ4v) is 4.36. The Hall–Kier alpha value is -3.28. The van der Waals surface area contributed by atoms with Crippen molar-refractivity contribution in [1.29, 1.82) is 0 Å². The number of nitrogens with one attached hydrogen (secondary N) is 2. The van der Waals surface area contributed by atoms with E-state index in [4.69, 9.17) is 0 Å². The number of hydrogen-bond donors (Lipinski definition) is 2. The largest absolute Gasteiger partial charge is 0.362 e. The minimum absolute atomic E-state index is 0.00631. The van der Waals surface area contributed by atoms with E-state index in [1.165, 1.54) is 6.07 Å². The van der Waals surface area contributed by atoms with E-state index in [1.54, 1.807) is 6.92 Å². The second-order valence-electron chi connectivity index (χ2n) is 7.91. The zero-order valence-electron chi connectivity index (χ0n) is 17.5. The van der Waals surface area contributed by atoms with Crippen molar-refractivity contribution in [2.75, 3.05) is 5.32 Å². The molecule has 2 aliphatic rings. The van der Waals surface area contributed by atoms with Crippen molar-refractivity contribution in [3.05, 3.63) is 87.8 Å². The third kappa shape index (κ3) is 3.90. The van der Waals surface area contributed by atoms with Gasteiger partial charge in [-0.25, -0.2) is 8.78 Å². The van der Waals surface area contributed by atoms with E-state index in [-0.39, 0.29) is 5.78 Å². The van der Waals surface area contributed by atoms with E-state index >= 15 is 0 Å². The molecule has 0 radical (unpaired) electrons. The van der Waals surface area contributed by atoms with Gasteiger partial charge in [-0.1, -0.05) is 37.3 Å². The molecule has 1 amide bonds. The van der Waals surface area contributed by atoms with Gasteiger partial charge in [0.15, 0.2) is 5.78 Å². The van der Waals surface area contributed by atoms with Crippen molar-refractivity contribution in [3.63, 3.8) is 0 Å². The zero-order chi connectivity index (χ0) is 22.1. The molecule has 0 bridgehead atoms. The monoisotopic (exact) mass is 422 g/mol. The summed E-state index contributed by atoms with van der Waals surface area (Å²) in [4.78, 5) is 26.2. The van der Waals surface area contributed by atoms with Crippen LogP contribution >= 0.6 is 0 Å². The maximum atomic E-state index is 14.2. The number of hydrogen-bond acceptors (Lipinski definition) is 3. The molecule has 2 N–H and O–H groups in total. The summed E-state index contributed by atoms with van der Waals surface area (Å²) in [6.45, 7) is 3.81. The fourth-order valence-electron chi connectivity index (χ4n) is 4.36. The predicted octanol–water partition coefficient (Wildman–Crippen LogP) is 5.13. The van der Waals surface area contributed by atoms with Crippen molar-refractivity contribution < 1.29 is 18.4 Å². The lowest BCUT2D eigenvalue weighted by Crippen LogP contribution is -2.35. The van der Waals surface area contributed by atoms with Crippen LogP contribution in [-0.2, 0) is 16.0 Å². The van der Waals surface area contributed by atoms with Crippen molar-refractivity contribution in [3.8, 4) is 0 Å². The number of dihydropyridines is 1. The van der Waals surface area contributed by atoms with E-state index in [1.807, 2.05) is 24.3 Å². The van der Waals surface area contributed by atoms with Crippen LogP contribution in [-0.4, -0.2) is 11.7 Å². The topological polar surface area (TPSA) is 58.2 Å². The van der Waals surface area contributed by atoms with Gasteiger partial charge in [0.1, 0.15) is 17.3 Å². The molecule has 160 valence electrons. The van der Waals surface area contributed by atoms with E-state index in [9.17, 15) is 18.4 Å². The van der Waals surface area contributed by atoms with Gasteiger partial charge in [0.25, 0.3) is 5.91 Å². The van der Waals surface area contributed by atoms with E-state index in [2.05, 4.69) is 17.6 Å². The summed E-state index contributed by atoms with van der Waals surface area (Å²) in [6.07, 6.45) is 2.76. The van der Waals surface area contributed by atoms with Crippen molar-refractivity contribution >= 4 is 17.4 Å². The van der Waals surface area contributed by atoms with E-state index in [0.717, 1.165) is 48.2 Å². The standard InChI is InChI=1S/C25H24F2N2O2/c1-3-15-10-12-16(13-11-15)22-21(14(2)28-19-8-5-9-20(30)23(19)22)25(31)29-24-17(26)6-4-7-18(24)27/h4,6-7,10-13,22,28H,3,5,8-9H2,1-2H3,(H,29,31). The zero-order valence-corrected chi connectivity index (χ0v) is 17.5. The molecular formula is C25H24F2N2O2. The third-order valence-electron chi connectivity index (χ3n) is 5.94. The lowest BCUT2D eigenvalue weighted by Gasteiger charge is -2.34. The molecule has 4 nitrogen and oxygen atoms in total. The maximum Gasteiger partial charge on any atom is 0.254 e. The molecule has 4 rings (SSSR count). The number of ketones is 1. The summed E-state index contributed by atoms with van der Waals surface area (Å²) in [5, 5.41) is 5.60. The van der Waals surface area contributed by atoms with Crippen LogP contribution in [0.5, 0.6) is 0 Å². The van der Waals surface area contributed by atoms with Gasteiger partial charge in [0, 0.05) is 34.9 Å². The summed E-state index contributed by atoms with van der Waals surface area (Å²) in [6, 6.07) is 11.2. The fraction of sp³-hybridized carbons (Fsp3) is 0.280. The summed E-state index contributed by atoms with van der Waals surface area (Å²) in [7, 11) is 0. The smallest absolute Gasteiger partial charge is 0.254 e. The number of allylic oxidation sites excluding steroid dienone is 3. The van der Waals surface area contributed by atoms with Crippen molar-refractivity contribution in [1.82, 2.24) is 5.32 Å². The van der Waals surface area contributed by atoms with Gasteiger partial charge < -0.3 is 10.6 Å². The number of para-hydroxylation sites is 1. The average molecular weight is 422 g/mol. The van der Waals surface area contributed by atoms with Crippen LogP contribution in [0.4, 0.5) is 14.5 Å². The molecule has 0 aromatic heterocycles. The maximum absolute atomic E-state index is 14.2. The van der Waals surface area contributed by atoms with Crippen molar-refractivity contribution in [2.24, 2.45) is 0 Å². The number of halogens is 2. The van der Waals surface area contributed by atoms with E-state index < -0.39 is 29.1 Å². The highest BCUT2D eigenvalue weighted by Crippen LogP contribution is 2.42. The van der Waals surface area contributed by atoms with Gasteiger partial charge in [-0.3, -0.25) is 9.59 Å². The highest BCUT2D eigenvalue weighted by molar-refractivity contribution is 6.09. The molecule has 0 saturated carbocycles. The third-order valence-corrected chi connectivity index (χ3v) is 5.94. The number of Topliss-reactive ketones (excluding diaryl/α,β-unsaturated/α-hetero) is 1. The highest BCUT2D eigenvalue weighted by atomic mass is 19.1. The van der Waals surface area contributed by atoms with E-state index in [0.29, 0.717) is 23.3 Å². The minimum atomic E-state index is -0.854. The number of aryl methyl sites for hydroxylation is 1. The number of carbonyl (C=O) groups excluding carboxylic acids is 2. The first-order chi connectivity index (χ1) is 14.9. The van der Waals surface area contributed by atoms with Crippen LogP contribution in [0.2, 0.25) is 0 Å². The summed E-state index contributed by atoms with van der Waals surface area (Å²) >= 11 is 0. The number of carbonyl (C=O) groups is 2. The molecule has 1 heterocycles. The second-order valence-corrected chi connectivity index (χ2v) is 7.91. The normalized spacial score (nSPS) is 18.6. The Morgan fingerprint density at radius 3 is 2.42 bits per heavy atom. The molecule has 2 aromatic carbocycles. The molecular weight excluding hydrogens is 398 g/mol. The van der Waals surface area contributed by atoms with Gasteiger partial charge in [-0.05, 0) is 49.4 Å². The van der Waals surface area contributed by atoms with Crippen LogP contribution in [0.1, 0.15) is 50.2 Å². The Morgan fingerprint density at radius 1 is 1.10 bits per heavy atom. The molecule has 1 aliphatic heterocycles. The Kier molecular flexibility index (Phi) is 5.72. The molecule has 1 unspecified atom stereocenters. The Bertz CT molecular complexity index is 1100. The first-order valence-electron chi connectivity index (χ1n) is 10.5. The number of rotatable bonds is 4. The molecule has 1 atom stereocenters. The summed E-state index contributed by atoms with van der Waals surface area (Å²) in [5.41, 5.74) is 3.71. The molecule has 31 heavy (non-hydrogen) atoms. The number of amides is 1. The van der Waals surface area contributed by atoms with Crippen LogP contribution in [0.25, 0.3) is 0 Å². The quantitative estimate of drug-likeness (QED) is 0.718. The van der Waals surface area contributed by atoms with Crippen LogP contribution < -0.4 is 10.6 Å². The summed E-state index contributed by atoms with van der Waals surface area (Å²) in [5.74, 6) is -2.94. The van der Waals surface area contributed by atoms with Gasteiger partial charge in [-0.2, -0.15) is 0 Å². The van der Waals surface area contributed by atoms with Crippen LogP contribution in [0, 0.1) is 11.6 Å². The number of anilines is 1. The Balaban J connectivity index is 1.80. The van der Waals surface area contributed by atoms with Gasteiger partial charge >= 0.3 is 0 Å². The highest BCUT2D eigenvalue weighted by Gasteiger charge is 2.38. The van der Waals surface area contributed by atoms with Gasteiger partial charge in [0.05, 0.1) is 0 Å². The van der Waals surface area contributed by atoms with Crippen molar-refractivity contribution in [2.45, 2.75) is 45.4 Å². The van der Waals surface area contributed by atoms with Crippen LogP contribution in [0.3, 0.4) is 0 Å². The van der Waals surface area contributed by atoms with Crippen LogP contribution in [0.15, 0.2) is 65.0 Å². The first-order valence-corrected chi connectivity index (χ1v) is 10.5. The number of benzene rings is 2. The van der Waals surface area contributed by atoms with Gasteiger partial charge in [0.2, 0.25) is 0 Å². The molecule has 2 aromatic rings. The average Bonchev–Trinajstić information content (AvgIpc) is 2.75. The van der Waals surface area contributed by atoms with Gasteiger partial charge in [-0.15, -0.1) is 0 Å². The molecule has 0 fully saturated rings. The molecule has 6 heteroatoms. The second kappa shape index (κ2) is 8.46. The Morgan fingerprint density at radius 2 is 1.77 bits per heavy atom. The lowest BCUT2D eigenvalue weighted by molar-refractivity contribution is -0.116.